The summed E-state index contributed by atoms with van der Waals surface area (Å²) in [5.41, 5.74) is 13.9. The van der Waals surface area contributed by atoms with Crippen molar-refractivity contribution in [3.05, 3.63) is 181 Å². The van der Waals surface area contributed by atoms with E-state index in [1.807, 2.05) is 85.7 Å². The first-order chi connectivity index (χ1) is 26.3. The first kappa shape index (κ1) is 32.0. The van der Waals surface area contributed by atoms with Crippen molar-refractivity contribution in [3.8, 4) is 22.3 Å². The molecule has 0 unspecified atom stereocenters. The summed E-state index contributed by atoms with van der Waals surface area (Å²) in [5.74, 6) is 1.70. The van der Waals surface area contributed by atoms with Gasteiger partial charge in [0.05, 0.1) is 23.8 Å². The lowest BCUT2D eigenvalue weighted by Gasteiger charge is -2.41. The van der Waals surface area contributed by atoms with E-state index in [1.54, 1.807) is 0 Å². The van der Waals surface area contributed by atoms with Gasteiger partial charge >= 0.3 is 0 Å². The van der Waals surface area contributed by atoms with Crippen LogP contribution in [0.3, 0.4) is 0 Å². The van der Waals surface area contributed by atoms with Crippen LogP contribution in [0.15, 0.2) is 159 Å². The summed E-state index contributed by atoms with van der Waals surface area (Å²) >= 11 is 0. The monoisotopic (exact) mass is 698 g/mol. The van der Waals surface area contributed by atoms with Crippen molar-refractivity contribution < 1.29 is 0 Å². The zero-order valence-electron chi connectivity index (χ0n) is 30.7. The van der Waals surface area contributed by atoms with Gasteiger partial charge in [-0.25, -0.2) is 9.97 Å². The zero-order chi connectivity index (χ0) is 36.6. The van der Waals surface area contributed by atoms with Crippen molar-refractivity contribution >= 4 is 45.2 Å². The average Bonchev–Trinajstić information content (AvgIpc) is 3.21. The first-order valence-corrected chi connectivity index (χ1v) is 18.5. The molecule has 0 N–H and O–H groups in total. The fourth-order valence-electron chi connectivity index (χ4n) is 8.89. The molecule has 0 spiro atoms. The molecule has 0 radical (unpaired) electrons. The third kappa shape index (κ3) is 4.73. The number of anilines is 6. The van der Waals surface area contributed by atoms with Gasteiger partial charge in [0.2, 0.25) is 0 Å². The second kappa shape index (κ2) is 11.9. The van der Waals surface area contributed by atoms with Crippen LogP contribution in [0.5, 0.6) is 0 Å². The van der Waals surface area contributed by atoms with Crippen LogP contribution in [0, 0.1) is 0 Å². The van der Waals surface area contributed by atoms with Gasteiger partial charge in [0.25, 0.3) is 0 Å². The smallest absolute Gasteiger partial charge is 0.137 e. The highest BCUT2D eigenvalue weighted by Gasteiger charge is 2.40. The SMILES string of the molecule is CC1(C)c2cc(N(c3cccnc3)c3ccccn3)ccc2-c2ccc3c4c(ccc1c24)C(C)(C)c1cc(N(c2cccnc2)c2ccccn2)ccc1-3. The molecule has 2 aliphatic carbocycles. The Bertz CT molecular complexity index is 2440. The van der Waals surface area contributed by atoms with Gasteiger partial charge in [-0.2, -0.15) is 0 Å². The van der Waals surface area contributed by atoms with Crippen LogP contribution in [-0.4, -0.2) is 19.9 Å². The summed E-state index contributed by atoms with van der Waals surface area (Å²) in [5, 5.41) is 2.72. The second-order valence-electron chi connectivity index (χ2n) is 15.3. The maximum Gasteiger partial charge on any atom is 0.137 e. The number of rotatable bonds is 6. The van der Waals surface area contributed by atoms with Crippen molar-refractivity contribution in [1.82, 2.24) is 19.9 Å². The van der Waals surface area contributed by atoms with E-state index in [-0.39, 0.29) is 10.8 Å². The molecule has 0 bridgehead atoms. The fourth-order valence-corrected chi connectivity index (χ4v) is 8.89. The Kier molecular flexibility index (Phi) is 7.08. The quantitative estimate of drug-likeness (QED) is 0.172. The minimum absolute atomic E-state index is 0.262. The summed E-state index contributed by atoms with van der Waals surface area (Å²) in [6.45, 7) is 9.49. The van der Waals surface area contributed by atoms with E-state index in [0.717, 1.165) is 34.4 Å². The number of hydrogen-bond acceptors (Lipinski definition) is 6. The lowest BCUT2D eigenvalue weighted by molar-refractivity contribution is 0.633. The highest BCUT2D eigenvalue weighted by atomic mass is 15.2. The number of benzene rings is 4. The summed E-state index contributed by atoms with van der Waals surface area (Å²) in [4.78, 5) is 22.8. The van der Waals surface area contributed by atoms with E-state index in [9.17, 15) is 0 Å². The number of aromatic nitrogens is 4. The third-order valence-electron chi connectivity index (χ3n) is 11.5. The molecule has 8 aromatic rings. The second-order valence-corrected chi connectivity index (χ2v) is 15.3. The Labute approximate surface area is 315 Å². The predicted octanol–water partition coefficient (Wildman–Crippen LogP) is 12.0. The number of pyridine rings is 4. The van der Waals surface area contributed by atoms with Crippen molar-refractivity contribution in [2.24, 2.45) is 0 Å². The highest BCUT2D eigenvalue weighted by molar-refractivity contribution is 6.13. The molecule has 6 heteroatoms. The minimum atomic E-state index is -0.262. The molecule has 54 heavy (non-hydrogen) atoms. The molecule has 4 heterocycles. The largest absolute Gasteiger partial charge is 0.293 e. The van der Waals surface area contributed by atoms with Crippen LogP contribution >= 0.6 is 0 Å². The lowest BCUT2D eigenvalue weighted by atomic mass is 9.63. The van der Waals surface area contributed by atoms with Crippen molar-refractivity contribution in [2.45, 2.75) is 38.5 Å². The van der Waals surface area contributed by atoms with Gasteiger partial charge in [0.15, 0.2) is 0 Å². The van der Waals surface area contributed by atoms with Gasteiger partial charge < -0.3 is 0 Å². The molecule has 260 valence electrons. The maximum atomic E-state index is 4.75. The molecule has 0 fully saturated rings. The first-order valence-electron chi connectivity index (χ1n) is 18.5. The molecule has 4 aromatic carbocycles. The van der Waals surface area contributed by atoms with E-state index in [4.69, 9.17) is 9.97 Å². The van der Waals surface area contributed by atoms with E-state index in [2.05, 4.69) is 120 Å². The van der Waals surface area contributed by atoms with Crippen LogP contribution in [0.25, 0.3) is 33.0 Å². The summed E-state index contributed by atoms with van der Waals surface area (Å²) < 4.78 is 0. The Morgan fingerprint density at radius 3 is 1.22 bits per heavy atom. The highest BCUT2D eigenvalue weighted by Crippen LogP contribution is 2.57. The summed E-state index contributed by atoms with van der Waals surface area (Å²) in [7, 11) is 0. The molecule has 2 aliphatic rings. The number of fused-ring (bicyclic) bond motifs is 4. The molecule has 0 aliphatic heterocycles. The van der Waals surface area contributed by atoms with E-state index in [1.165, 1.54) is 55.3 Å². The van der Waals surface area contributed by atoms with Crippen LogP contribution in [0.1, 0.15) is 49.9 Å². The summed E-state index contributed by atoms with van der Waals surface area (Å²) in [6, 6.07) is 43.5. The zero-order valence-corrected chi connectivity index (χ0v) is 30.7. The Morgan fingerprint density at radius 2 is 0.833 bits per heavy atom. The summed E-state index contributed by atoms with van der Waals surface area (Å²) in [6.07, 6.45) is 11.1. The lowest BCUT2D eigenvalue weighted by Crippen LogP contribution is -2.28. The normalized spacial score (nSPS) is 14.2. The van der Waals surface area contributed by atoms with Crippen molar-refractivity contribution in [2.75, 3.05) is 9.80 Å². The molecule has 0 saturated carbocycles. The van der Waals surface area contributed by atoms with Gasteiger partial charge in [0, 0.05) is 47.0 Å². The average molecular weight is 699 g/mol. The molecule has 0 atom stereocenters. The Morgan fingerprint density at radius 1 is 0.389 bits per heavy atom. The maximum absolute atomic E-state index is 4.75. The molecule has 0 amide bonds. The minimum Gasteiger partial charge on any atom is -0.293 e. The standard InChI is InChI=1S/C48H38N6/c1-47(2)39-21-22-40-46-38(36-18-16-32(28-42(36)48(40,3)4)54(34-12-10-24-50-30-34)44-14-6-8-26-52-44)20-19-37(45(39)46)35-17-15-31(27-41(35)47)53(33-11-9-23-49-29-33)43-13-5-7-25-51-43/h5-30H,1-4H3. The molecular weight excluding hydrogens is 661 g/mol. The molecule has 4 aromatic heterocycles. The molecule has 0 saturated heterocycles. The van der Waals surface area contributed by atoms with Crippen molar-refractivity contribution in [1.29, 1.82) is 0 Å². The van der Waals surface area contributed by atoms with Gasteiger partial charge in [-0.15, -0.1) is 0 Å². The molecular formula is C48H38N6. The Hall–Kier alpha value is -6.66. The van der Waals surface area contributed by atoms with Gasteiger partial charge in [-0.1, -0.05) is 76.2 Å². The van der Waals surface area contributed by atoms with Crippen LogP contribution < -0.4 is 9.80 Å². The third-order valence-corrected chi connectivity index (χ3v) is 11.5. The number of nitrogens with zero attached hydrogens (tertiary/aromatic N) is 6. The van der Waals surface area contributed by atoms with Crippen LogP contribution in [0.2, 0.25) is 0 Å². The van der Waals surface area contributed by atoms with Gasteiger partial charge in [0.1, 0.15) is 11.6 Å². The predicted molar refractivity (Wildman–Crippen MR) is 220 cm³/mol. The van der Waals surface area contributed by atoms with Gasteiger partial charge in [-0.3, -0.25) is 19.8 Å². The van der Waals surface area contributed by atoms with Gasteiger partial charge in [-0.05, 0) is 128 Å². The van der Waals surface area contributed by atoms with E-state index in [0.29, 0.717) is 0 Å². The van der Waals surface area contributed by atoms with Crippen molar-refractivity contribution in [3.63, 3.8) is 0 Å². The fraction of sp³-hybridized carbons (Fsp3) is 0.125. The van der Waals surface area contributed by atoms with Crippen LogP contribution in [0.4, 0.5) is 34.4 Å². The van der Waals surface area contributed by atoms with E-state index >= 15 is 0 Å². The molecule has 6 nitrogen and oxygen atoms in total. The van der Waals surface area contributed by atoms with Crippen LogP contribution in [-0.2, 0) is 10.8 Å². The number of hydrogen-bond donors (Lipinski definition) is 0. The Balaban J connectivity index is 1.15. The van der Waals surface area contributed by atoms with E-state index < -0.39 is 0 Å². The molecule has 10 rings (SSSR count). The topological polar surface area (TPSA) is 58.0 Å².